The maximum Gasteiger partial charge on any atom is 0.0585 e. The molecule has 0 fully saturated rings. The van der Waals surface area contributed by atoms with Crippen LogP contribution in [-0.2, 0) is 0 Å². The second-order valence-corrected chi connectivity index (χ2v) is 12.8. The first-order valence-corrected chi connectivity index (χ1v) is 15.1. The van der Waals surface area contributed by atoms with Gasteiger partial charge in [-0.25, -0.2) is 0 Å². The summed E-state index contributed by atoms with van der Waals surface area (Å²) in [5.74, 6) is 0.407. The molecule has 2 heteroatoms. The molecule has 2 N–H and O–H groups in total. The number of rotatable bonds is 10. The zero-order valence-electron chi connectivity index (χ0n) is 27.0. The van der Waals surface area contributed by atoms with Crippen molar-refractivity contribution in [1.82, 2.24) is 0 Å². The van der Waals surface area contributed by atoms with Crippen LogP contribution in [0.25, 0.3) is 0 Å². The molecule has 0 radical (unpaired) electrons. The molecule has 2 aliphatic carbocycles. The zero-order valence-corrected chi connectivity index (χ0v) is 27.0. The SMILES string of the molecule is CC1=C(/C=C/C(C)=C/C=C/C(C)=C/C=C/C=C(C)/C=C/C=C(C)/C=C/C2=C(C)CC(O)CC2(C)C)C(C)CC(O)C1. The first kappa shape index (κ1) is 34.3. The number of allylic oxidation sites excluding steroid dienone is 20. The van der Waals surface area contributed by atoms with Gasteiger partial charge in [-0.2, -0.15) is 0 Å². The predicted molar refractivity (Wildman–Crippen MR) is 180 cm³/mol. The first-order valence-electron chi connectivity index (χ1n) is 15.1. The van der Waals surface area contributed by atoms with Gasteiger partial charge in [-0.3, -0.25) is 0 Å². The van der Waals surface area contributed by atoms with Crippen molar-refractivity contribution in [3.8, 4) is 0 Å². The minimum atomic E-state index is -0.226. The van der Waals surface area contributed by atoms with Crippen molar-refractivity contribution in [3.05, 3.63) is 130 Å². The Kier molecular flexibility index (Phi) is 13.8. The normalized spacial score (nSPS) is 25.9. The average molecular weight is 555 g/mol. The van der Waals surface area contributed by atoms with Gasteiger partial charge < -0.3 is 10.2 Å². The number of hydrogen-bond donors (Lipinski definition) is 2. The Labute approximate surface area is 251 Å². The maximum atomic E-state index is 10.1. The Balaban J connectivity index is 1.88. The number of aliphatic hydroxyl groups is 2. The van der Waals surface area contributed by atoms with E-state index in [0.29, 0.717) is 5.92 Å². The fourth-order valence-corrected chi connectivity index (χ4v) is 5.77. The van der Waals surface area contributed by atoms with Crippen LogP contribution in [-0.4, -0.2) is 22.4 Å². The highest BCUT2D eigenvalue weighted by Gasteiger charge is 2.31. The van der Waals surface area contributed by atoms with Crippen LogP contribution < -0.4 is 0 Å². The molecule has 3 unspecified atom stereocenters. The summed E-state index contributed by atoms with van der Waals surface area (Å²) in [5.41, 5.74) is 10.1. The van der Waals surface area contributed by atoms with Gasteiger partial charge in [0.1, 0.15) is 0 Å². The summed E-state index contributed by atoms with van der Waals surface area (Å²) < 4.78 is 0. The van der Waals surface area contributed by atoms with E-state index in [1.807, 2.05) is 0 Å². The van der Waals surface area contributed by atoms with Gasteiger partial charge in [0.15, 0.2) is 0 Å². The van der Waals surface area contributed by atoms with Gasteiger partial charge in [-0.1, -0.05) is 139 Å². The lowest BCUT2D eigenvalue weighted by molar-refractivity contribution is 0.116. The fourth-order valence-electron chi connectivity index (χ4n) is 5.77. The monoisotopic (exact) mass is 554 g/mol. The third-order valence-electron chi connectivity index (χ3n) is 7.97. The Hall–Kier alpha value is -2.94. The summed E-state index contributed by atoms with van der Waals surface area (Å²) in [6.07, 6.45) is 32.7. The molecule has 2 nitrogen and oxygen atoms in total. The van der Waals surface area contributed by atoms with Crippen molar-refractivity contribution in [3.63, 3.8) is 0 Å². The lowest BCUT2D eigenvalue weighted by Gasteiger charge is -2.35. The molecule has 3 atom stereocenters. The van der Waals surface area contributed by atoms with E-state index in [1.165, 1.54) is 44.6 Å². The van der Waals surface area contributed by atoms with Gasteiger partial charge in [0.25, 0.3) is 0 Å². The predicted octanol–water partition coefficient (Wildman–Crippen LogP) is 10.2. The number of hydrogen-bond acceptors (Lipinski definition) is 2. The summed E-state index contributed by atoms with van der Waals surface area (Å²) in [7, 11) is 0. The van der Waals surface area contributed by atoms with E-state index in [4.69, 9.17) is 0 Å². The molecule has 0 spiro atoms. The molecular formula is C39H54O2. The average Bonchev–Trinajstić information content (AvgIpc) is 2.84. The summed E-state index contributed by atoms with van der Waals surface area (Å²) in [6, 6.07) is 0. The Morgan fingerprint density at radius 2 is 1.12 bits per heavy atom. The topological polar surface area (TPSA) is 40.5 Å². The number of aliphatic hydroxyl groups excluding tert-OH is 2. The molecular weight excluding hydrogens is 500 g/mol. The van der Waals surface area contributed by atoms with Gasteiger partial charge in [0, 0.05) is 0 Å². The molecule has 2 rings (SSSR count). The smallest absolute Gasteiger partial charge is 0.0585 e. The highest BCUT2D eigenvalue weighted by atomic mass is 16.3. The standard InChI is InChI=1S/C39H54O2/c1-28(16-12-18-30(3)20-22-37-32(5)24-35(40)25-33(37)6)14-10-11-15-29(2)17-13-19-31(4)21-23-38-34(7)26-36(41)27-39(38,8)9/h10-23,32,35-36,40-41H,24-27H2,1-9H3/b11-10+,16-12+,17-13+,22-20+,23-21+,28-14+,29-15+,30-18+,31-19+. The van der Waals surface area contributed by atoms with Crippen LogP contribution in [0.4, 0.5) is 0 Å². The second-order valence-electron chi connectivity index (χ2n) is 12.8. The quantitative estimate of drug-likeness (QED) is 0.264. The van der Waals surface area contributed by atoms with Crippen molar-refractivity contribution in [1.29, 1.82) is 0 Å². The molecule has 0 saturated heterocycles. The van der Waals surface area contributed by atoms with E-state index in [2.05, 4.69) is 147 Å². The Morgan fingerprint density at radius 1 is 0.659 bits per heavy atom. The van der Waals surface area contributed by atoms with E-state index in [-0.39, 0.29) is 17.6 Å². The molecule has 0 aliphatic heterocycles. The molecule has 0 heterocycles. The van der Waals surface area contributed by atoms with Gasteiger partial charge >= 0.3 is 0 Å². The van der Waals surface area contributed by atoms with Gasteiger partial charge in [-0.05, 0) is 89.7 Å². The van der Waals surface area contributed by atoms with E-state index in [0.717, 1.165) is 25.7 Å². The van der Waals surface area contributed by atoms with E-state index in [1.54, 1.807) is 0 Å². The van der Waals surface area contributed by atoms with Crippen molar-refractivity contribution in [2.45, 2.75) is 100 Å². The maximum absolute atomic E-state index is 10.1. The lowest BCUT2D eigenvalue weighted by atomic mass is 9.71. The molecule has 0 aromatic heterocycles. The molecule has 0 aromatic carbocycles. The van der Waals surface area contributed by atoms with Crippen LogP contribution in [0, 0.1) is 11.3 Å². The van der Waals surface area contributed by atoms with Crippen LogP contribution in [0.1, 0.15) is 88.0 Å². The second kappa shape index (κ2) is 16.5. The van der Waals surface area contributed by atoms with E-state index < -0.39 is 0 Å². The molecule has 222 valence electrons. The van der Waals surface area contributed by atoms with Crippen molar-refractivity contribution < 1.29 is 10.2 Å². The summed E-state index contributed by atoms with van der Waals surface area (Å²) in [6.45, 7) is 19.4. The summed E-state index contributed by atoms with van der Waals surface area (Å²) >= 11 is 0. The molecule has 41 heavy (non-hydrogen) atoms. The molecule has 0 bridgehead atoms. The van der Waals surface area contributed by atoms with E-state index in [9.17, 15) is 10.2 Å². The van der Waals surface area contributed by atoms with Crippen molar-refractivity contribution >= 4 is 0 Å². The van der Waals surface area contributed by atoms with Crippen LogP contribution in [0.15, 0.2) is 130 Å². The largest absolute Gasteiger partial charge is 0.393 e. The molecule has 0 aromatic rings. The van der Waals surface area contributed by atoms with Crippen LogP contribution >= 0.6 is 0 Å². The van der Waals surface area contributed by atoms with E-state index >= 15 is 0 Å². The highest BCUT2D eigenvalue weighted by molar-refractivity contribution is 5.38. The third-order valence-corrected chi connectivity index (χ3v) is 7.97. The molecule has 0 amide bonds. The first-order chi connectivity index (χ1) is 19.3. The third kappa shape index (κ3) is 12.2. The lowest BCUT2D eigenvalue weighted by Crippen LogP contribution is -2.28. The Bertz CT molecular complexity index is 1240. The van der Waals surface area contributed by atoms with Crippen molar-refractivity contribution in [2.75, 3.05) is 0 Å². The summed E-state index contributed by atoms with van der Waals surface area (Å²) in [5, 5.41) is 20.0. The van der Waals surface area contributed by atoms with Gasteiger partial charge in [0.05, 0.1) is 12.2 Å². The molecule has 2 aliphatic rings. The van der Waals surface area contributed by atoms with Gasteiger partial charge in [-0.15, -0.1) is 0 Å². The van der Waals surface area contributed by atoms with Crippen LogP contribution in [0.5, 0.6) is 0 Å². The fraction of sp³-hybridized carbons (Fsp3) is 0.436. The Morgan fingerprint density at radius 3 is 1.63 bits per heavy atom. The highest BCUT2D eigenvalue weighted by Crippen LogP contribution is 2.41. The zero-order chi connectivity index (χ0) is 30.6. The van der Waals surface area contributed by atoms with Crippen molar-refractivity contribution in [2.24, 2.45) is 11.3 Å². The summed E-state index contributed by atoms with van der Waals surface area (Å²) in [4.78, 5) is 0. The minimum absolute atomic E-state index is 0.00671. The van der Waals surface area contributed by atoms with Crippen LogP contribution in [0.2, 0.25) is 0 Å². The molecule has 0 saturated carbocycles. The van der Waals surface area contributed by atoms with Gasteiger partial charge in [0.2, 0.25) is 0 Å². The minimum Gasteiger partial charge on any atom is -0.393 e. The van der Waals surface area contributed by atoms with Crippen LogP contribution in [0.3, 0.4) is 0 Å².